The van der Waals surface area contributed by atoms with Crippen molar-refractivity contribution in [2.75, 3.05) is 6.54 Å². The first kappa shape index (κ1) is 12.2. The van der Waals surface area contributed by atoms with Crippen LogP contribution in [-0.2, 0) is 20.0 Å². The lowest BCUT2D eigenvalue weighted by Crippen LogP contribution is -2.37. The summed E-state index contributed by atoms with van der Waals surface area (Å²) in [5.74, 6) is 0.874. The van der Waals surface area contributed by atoms with E-state index in [0.29, 0.717) is 11.7 Å². The van der Waals surface area contributed by atoms with Crippen LogP contribution in [0, 0.1) is 0 Å². The molecule has 0 unspecified atom stereocenters. The van der Waals surface area contributed by atoms with Gasteiger partial charge < -0.3 is 9.47 Å². The van der Waals surface area contributed by atoms with Crippen molar-refractivity contribution in [2.24, 2.45) is 7.05 Å². The van der Waals surface area contributed by atoms with Gasteiger partial charge in [-0.15, -0.1) is 0 Å². The largest absolute Gasteiger partial charge is 0.331 e. The number of hydrogen-bond acceptors (Lipinski definition) is 2. The minimum absolute atomic E-state index is 0.0703. The molecule has 4 nitrogen and oxygen atoms in total. The number of hydrogen-bond donors (Lipinski definition) is 0. The highest BCUT2D eigenvalue weighted by Crippen LogP contribution is 2.20. The van der Waals surface area contributed by atoms with E-state index in [1.165, 1.54) is 0 Å². The van der Waals surface area contributed by atoms with Gasteiger partial charge in [0.15, 0.2) is 0 Å². The molecule has 2 aromatic rings. The van der Waals surface area contributed by atoms with Crippen LogP contribution in [0.5, 0.6) is 0 Å². The molecular formula is C14H14ClN3O. The Hall–Kier alpha value is -1.81. The molecule has 5 heteroatoms. The van der Waals surface area contributed by atoms with E-state index in [9.17, 15) is 4.79 Å². The van der Waals surface area contributed by atoms with Gasteiger partial charge in [-0.3, -0.25) is 4.79 Å². The van der Waals surface area contributed by atoms with Gasteiger partial charge in [-0.25, -0.2) is 4.98 Å². The molecule has 3 rings (SSSR count). The predicted octanol–water partition coefficient (Wildman–Crippen LogP) is 2.27. The average Bonchev–Trinajstić information content (AvgIpc) is 2.74. The number of imidazole rings is 1. The predicted molar refractivity (Wildman–Crippen MR) is 73.1 cm³/mol. The molecule has 1 aliphatic rings. The smallest absolute Gasteiger partial charge is 0.254 e. The van der Waals surface area contributed by atoms with Crippen LogP contribution in [0.25, 0.3) is 0 Å². The standard InChI is InChI=1S/C14H14ClN3O/c1-17-12(15)8-16-13(17)9-18-7-6-10-4-2-3-5-11(10)14(18)19/h2-5,8H,6-7,9H2,1H3. The number of halogens is 1. The SMILES string of the molecule is Cn1c(Cl)cnc1CN1CCc2ccccc2C1=O. The van der Waals surface area contributed by atoms with Crippen molar-refractivity contribution < 1.29 is 4.79 Å². The Kier molecular flexibility index (Phi) is 3.03. The van der Waals surface area contributed by atoms with Crippen molar-refractivity contribution in [3.8, 4) is 0 Å². The summed E-state index contributed by atoms with van der Waals surface area (Å²) in [6.07, 6.45) is 2.50. The summed E-state index contributed by atoms with van der Waals surface area (Å²) in [6.45, 7) is 1.22. The molecule has 0 aliphatic carbocycles. The summed E-state index contributed by atoms with van der Waals surface area (Å²) < 4.78 is 1.80. The van der Waals surface area contributed by atoms with Gasteiger partial charge in [0, 0.05) is 19.2 Å². The second-order valence-electron chi connectivity index (χ2n) is 4.69. The number of nitrogens with zero attached hydrogens (tertiary/aromatic N) is 3. The number of carbonyl (C=O) groups is 1. The Bertz CT molecular complexity index is 635. The van der Waals surface area contributed by atoms with Crippen LogP contribution in [0.2, 0.25) is 5.15 Å². The number of aromatic nitrogens is 2. The monoisotopic (exact) mass is 275 g/mol. The van der Waals surface area contributed by atoms with Gasteiger partial charge >= 0.3 is 0 Å². The van der Waals surface area contributed by atoms with E-state index in [0.717, 1.165) is 29.9 Å². The van der Waals surface area contributed by atoms with Crippen molar-refractivity contribution in [3.63, 3.8) is 0 Å². The molecule has 0 spiro atoms. The number of fused-ring (bicyclic) bond motifs is 1. The molecule has 0 bridgehead atoms. The van der Waals surface area contributed by atoms with E-state index in [2.05, 4.69) is 4.98 Å². The van der Waals surface area contributed by atoms with Gasteiger partial charge in [0.1, 0.15) is 11.0 Å². The summed E-state index contributed by atoms with van der Waals surface area (Å²) in [5.41, 5.74) is 1.93. The van der Waals surface area contributed by atoms with Gasteiger partial charge in [0.25, 0.3) is 5.91 Å². The van der Waals surface area contributed by atoms with Crippen molar-refractivity contribution in [3.05, 3.63) is 52.6 Å². The lowest BCUT2D eigenvalue weighted by Gasteiger charge is -2.28. The minimum Gasteiger partial charge on any atom is -0.331 e. The summed E-state index contributed by atoms with van der Waals surface area (Å²) in [6, 6.07) is 7.77. The number of carbonyl (C=O) groups excluding carboxylic acids is 1. The molecule has 1 aromatic heterocycles. The first-order valence-electron chi connectivity index (χ1n) is 6.20. The van der Waals surface area contributed by atoms with E-state index in [1.54, 1.807) is 10.8 Å². The van der Waals surface area contributed by atoms with Crippen molar-refractivity contribution in [2.45, 2.75) is 13.0 Å². The Morgan fingerprint density at radius 2 is 2.16 bits per heavy atom. The minimum atomic E-state index is 0.0703. The summed E-state index contributed by atoms with van der Waals surface area (Å²) in [4.78, 5) is 18.5. The third-order valence-electron chi connectivity index (χ3n) is 3.55. The molecule has 0 atom stereocenters. The normalized spacial score (nSPS) is 14.6. The van der Waals surface area contributed by atoms with Crippen LogP contribution in [-0.4, -0.2) is 26.9 Å². The molecule has 19 heavy (non-hydrogen) atoms. The quantitative estimate of drug-likeness (QED) is 0.843. The number of amides is 1. The second-order valence-corrected chi connectivity index (χ2v) is 5.08. The molecule has 0 saturated carbocycles. The van der Waals surface area contributed by atoms with E-state index in [-0.39, 0.29) is 5.91 Å². The molecule has 1 aromatic carbocycles. The second kappa shape index (κ2) is 4.70. The van der Waals surface area contributed by atoms with Gasteiger partial charge in [0.2, 0.25) is 0 Å². The van der Waals surface area contributed by atoms with E-state index < -0.39 is 0 Å². The highest BCUT2D eigenvalue weighted by molar-refractivity contribution is 6.29. The Labute approximate surface area is 116 Å². The Morgan fingerprint density at radius 3 is 2.89 bits per heavy atom. The molecule has 0 N–H and O–H groups in total. The summed E-state index contributed by atoms with van der Waals surface area (Å²) in [5, 5.41) is 0.583. The molecule has 1 aliphatic heterocycles. The first-order chi connectivity index (χ1) is 9.16. The van der Waals surface area contributed by atoms with Crippen molar-refractivity contribution >= 4 is 17.5 Å². The summed E-state index contributed by atoms with van der Waals surface area (Å²) in [7, 11) is 1.85. The number of benzene rings is 1. The number of rotatable bonds is 2. The topological polar surface area (TPSA) is 38.1 Å². The summed E-state index contributed by atoms with van der Waals surface area (Å²) >= 11 is 5.96. The van der Waals surface area contributed by atoms with Crippen LogP contribution in [0.3, 0.4) is 0 Å². The van der Waals surface area contributed by atoms with Gasteiger partial charge in [0.05, 0.1) is 12.7 Å². The van der Waals surface area contributed by atoms with E-state index >= 15 is 0 Å². The zero-order valence-corrected chi connectivity index (χ0v) is 11.4. The van der Waals surface area contributed by atoms with Crippen LogP contribution in [0.4, 0.5) is 0 Å². The van der Waals surface area contributed by atoms with Gasteiger partial charge in [-0.05, 0) is 18.1 Å². The highest BCUT2D eigenvalue weighted by Gasteiger charge is 2.24. The molecular weight excluding hydrogens is 262 g/mol. The average molecular weight is 276 g/mol. The molecule has 0 radical (unpaired) electrons. The fourth-order valence-electron chi connectivity index (χ4n) is 2.37. The highest BCUT2D eigenvalue weighted by atomic mass is 35.5. The maximum Gasteiger partial charge on any atom is 0.254 e. The maximum absolute atomic E-state index is 12.4. The van der Waals surface area contributed by atoms with Gasteiger partial charge in [-0.1, -0.05) is 29.8 Å². The van der Waals surface area contributed by atoms with Crippen molar-refractivity contribution in [1.82, 2.24) is 14.5 Å². The zero-order chi connectivity index (χ0) is 13.4. The third-order valence-corrected chi connectivity index (χ3v) is 3.90. The van der Waals surface area contributed by atoms with E-state index in [4.69, 9.17) is 11.6 Å². The zero-order valence-electron chi connectivity index (χ0n) is 10.6. The molecule has 0 fully saturated rings. The van der Waals surface area contributed by atoms with Gasteiger partial charge in [-0.2, -0.15) is 0 Å². The fraction of sp³-hybridized carbons (Fsp3) is 0.286. The van der Waals surface area contributed by atoms with Crippen LogP contribution in [0.15, 0.2) is 30.5 Å². The molecule has 98 valence electrons. The Balaban J connectivity index is 1.85. The Morgan fingerprint density at radius 1 is 1.37 bits per heavy atom. The molecule has 1 amide bonds. The maximum atomic E-state index is 12.4. The van der Waals surface area contributed by atoms with Crippen LogP contribution >= 0.6 is 11.6 Å². The van der Waals surface area contributed by atoms with Crippen LogP contribution < -0.4 is 0 Å². The lowest BCUT2D eigenvalue weighted by molar-refractivity contribution is 0.0721. The third kappa shape index (κ3) is 2.12. The van der Waals surface area contributed by atoms with Crippen LogP contribution in [0.1, 0.15) is 21.7 Å². The van der Waals surface area contributed by atoms with E-state index in [1.807, 2.05) is 36.2 Å². The molecule has 2 heterocycles. The lowest BCUT2D eigenvalue weighted by atomic mass is 9.99. The molecule has 0 saturated heterocycles. The van der Waals surface area contributed by atoms with Crippen molar-refractivity contribution in [1.29, 1.82) is 0 Å². The first-order valence-corrected chi connectivity index (χ1v) is 6.58. The fourth-order valence-corrected chi connectivity index (χ4v) is 2.51.